The minimum Gasteiger partial charge on any atom is -0.339 e. The highest BCUT2D eigenvalue weighted by molar-refractivity contribution is 5.79. The van der Waals surface area contributed by atoms with Gasteiger partial charge in [0.15, 0.2) is 0 Å². The molecule has 7 heteroatoms. The van der Waals surface area contributed by atoms with Gasteiger partial charge in [0.25, 0.3) is 0 Å². The molecule has 1 aliphatic heterocycles. The molecule has 3 aromatic rings. The van der Waals surface area contributed by atoms with Crippen molar-refractivity contribution >= 4 is 16.9 Å². The molecule has 0 saturated carbocycles. The van der Waals surface area contributed by atoms with Crippen molar-refractivity contribution in [2.24, 2.45) is 0 Å². The molecule has 0 radical (unpaired) electrons. The number of para-hydroxylation sites is 1. The first-order valence-electron chi connectivity index (χ1n) is 8.28. The van der Waals surface area contributed by atoms with Gasteiger partial charge in [-0.3, -0.25) is 4.79 Å². The molecule has 124 valence electrons. The number of rotatable bonds is 3. The Labute approximate surface area is 139 Å². The van der Waals surface area contributed by atoms with E-state index in [2.05, 4.69) is 19.9 Å². The van der Waals surface area contributed by atoms with E-state index < -0.39 is 0 Å². The molecule has 1 atom stereocenters. The number of piperidine rings is 1. The fourth-order valence-corrected chi connectivity index (χ4v) is 3.44. The Bertz CT molecular complexity index is 867. The Kier molecular flexibility index (Phi) is 3.76. The summed E-state index contributed by atoms with van der Waals surface area (Å²) in [5.41, 5.74) is 1.71. The quantitative estimate of drug-likeness (QED) is 0.737. The number of imidazole rings is 1. The van der Waals surface area contributed by atoms with E-state index in [0.29, 0.717) is 6.04 Å². The third-order valence-corrected chi connectivity index (χ3v) is 4.71. The first-order chi connectivity index (χ1) is 11.7. The van der Waals surface area contributed by atoms with Crippen LogP contribution in [0, 0.1) is 6.92 Å². The molecule has 4 rings (SSSR count). The van der Waals surface area contributed by atoms with E-state index in [1.807, 2.05) is 48.5 Å². The Morgan fingerprint density at radius 3 is 3.04 bits per heavy atom. The molecule has 3 heterocycles. The predicted octanol–water partition coefficient (Wildman–Crippen LogP) is 1.80. The lowest BCUT2D eigenvalue weighted by atomic mass is 10.1. The number of likely N-dealkylation sites (tertiary alicyclic amines) is 1. The van der Waals surface area contributed by atoms with Crippen molar-refractivity contribution in [3.8, 4) is 0 Å². The average Bonchev–Trinajstić information content (AvgIpc) is 3.22. The van der Waals surface area contributed by atoms with Gasteiger partial charge in [-0.2, -0.15) is 0 Å². The summed E-state index contributed by atoms with van der Waals surface area (Å²) in [6.45, 7) is 3.76. The number of carbonyl (C=O) groups is 1. The molecule has 0 spiro atoms. The van der Waals surface area contributed by atoms with Gasteiger partial charge >= 0.3 is 0 Å². The van der Waals surface area contributed by atoms with Crippen LogP contribution in [-0.4, -0.2) is 48.4 Å². The molecule has 2 aromatic heterocycles. The molecule has 1 fully saturated rings. The van der Waals surface area contributed by atoms with Gasteiger partial charge in [0.1, 0.15) is 17.9 Å². The van der Waals surface area contributed by atoms with Gasteiger partial charge in [-0.05, 0) is 31.9 Å². The lowest BCUT2D eigenvalue weighted by molar-refractivity contribution is -0.133. The fourth-order valence-electron chi connectivity index (χ4n) is 3.44. The van der Waals surface area contributed by atoms with Gasteiger partial charge in [-0.1, -0.05) is 17.3 Å². The topological polar surface area (TPSA) is 68.8 Å². The van der Waals surface area contributed by atoms with E-state index in [9.17, 15) is 4.79 Å². The molecule has 1 aliphatic rings. The second-order valence-electron chi connectivity index (χ2n) is 6.25. The van der Waals surface area contributed by atoms with Crippen molar-refractivity contribution < 1.29 is 4.79 Å². The predicted molar refractivity (Wildman–Crippen MR) is 89.3 cm³/mol. The van der Waals surface area contributed by atoms with Crippen LogP contribution in [-0.2, 0) is 11.3 Å². The van der Waals surface area contributed by atoms with Crippen LogP contribution < -0.4 is 0 Å². The minimum absolute atomic E-state index is 0.0909. The van der Waals surface area contributed by atoms with Gasteiger partial charge in [-0.15, -0.1) is 5.10 Å². The zero-order chi connectivity index (χ0) is 16.5. The molecule has 1 amide bonds. The largest absolute Gasteiger partial charge is 0.339 e. The van der Waals surface area contributed by atoms with Crippen LogP contribution >= 0.6 is 0 Å². The summed E-state index contributed by atoms with van der Waals surface area (Å²) in [5.74, 6) is 1.09. The standard InChI is InChI=1S/C17H20N6O/c1-13-18-8-10-22(13)14-5-4-9-21(11-14)17(24)12-23-16-7-3-2-6-15(16)19-20-23/h2-3,6-8,10,14H,4-5,9,11-12H2,1H3/t14-/m1/s1. The smallest absolute Gasteiger partial charge is 0.244 e. The maximum absolute atomic E-state index is 12.7. The number of amides is 1. The number of hydrogen-bond acceptors (Lipinski definition) is 4. The number of aromatic nitrogens is 5. The monoisotopic (exact) mass is 324 g/mol. The van der Waals surface area contributed by atoms with Gasteiger partial charge in [-0.25, -0.2) is 9.67 Å². The maximum Gasteiger partial charge on any atom is 0.244 e. The minimum atomic E-state index is 0.0909. The Hall–Kier alpha value is -2.70. The Morgan fingerprint density at radius 2 is 2.21 bits per heavy atom. The number of hydrogen-bond donors (Lipinski definition) is 0. The van der Waals surface area contributed by atoms with E-state index in [1.165, 1.54) is 0 Å². The van der Waals surface area contributed by atoms with Crippen LogP contribution in [0.2, 0.25) is 0 Å². The van der Waals surface area contributed by atoms with Crippen LogP contribution in [0.15, 0.2) is 36.7 Å². The van der Waals surface area contributed by atoms with Gasteiger partial charge in [0, 0.05) is 25.5 Å². The van der Waals surface area contributed by atoms with Crippen LogP contribution in [0.25, 0.3) is 11.0 Å². The lowest BCUT2D eigenvalue weighted by Crippen LogP contribution is -2.42. The molecular weight excluding hydrogens is 304 g/mol. The van der Waals surface area contributed by atoms with Crippen LogP contribution in [0.4, 0.5) is 0 Å². The third-order valence-electron chi connectivity index (χ3n) is 4.71. The average molecular weight is 324 g/mol. The second-order valence-corrected chi connectivity index (χ2v) is 6.25. The summed E-state index contributed by atoms with van der Waals surface area (Å²) in [7, 11) is 0. The van der Waals surface area contributed by atoms with Gasteiger partial charge < -0.3 is 9.47 Å². The normalized spacial score (nSPS) is 18.2. The van der Waals surface area contributed by atoms with Gasteiger partial charge in [0.05, 0.1) is 11.6 Å². The Morgan fingerprint density at radius 1 is 1.33 bits per heavy atom. The Balaban J connectivity index is 1.49. The molecule has 1 saturated heterocycles. The van der Waals surface area contributed by atoms with Gasteiger partial charge in [0.2, 0.25) is 5.91 Å². The summed E-state index contributed by atoms with van der Waals surface area (Å²) in [6, 6.07) is 8.01. The highest BCUT2D eigenvalue weighted by Gasteiger charge is 2.25. The molecule has 7 nitrogen and oxygen atoms in total. The SMILES string of the molecule is Cc1nccn1[C@@H]1CCCN(C(=O)Cn2nnc3ccccc32)C1. The number of fused-ring (bicyclic) bond motifs is 1. The first kappa shape index (κ1) is 14.9. The van der Waals surface area contributed by atoms with Crippen LogP contribution in [0.3, 0.4) is 0 Å². The van der Waals surface area contributed by atoms with Crippen molar-refractivity contribution in [2.75, 3.05) is 13.1 Å². The maximum atomic E-state index is 12.7. The summed E-state index contributed by atoms with van der Waals surface area (Å²) in [5, 5.41) is 8.23. The molecule has 0 aliphatic carbocycles. The summed E-state index contributed by atoms with van der Waals surface area (Å²) in [4.78, 5) is 19.0. The van der Waals surface area contributed by atoms with Crippen molar-refractivity contribution in [3.63, 3.8) is 0 Å². The van der Waals surface area contributed by atoms with Crippen LogP contribution in [0.1, 0.15) is 24.7 Å². The number of carbonyl (C=O) groups excluding carboxylic acids is 1. The first-order valence-corrected chi connectivity index (χ1v) is 8.28. The lowest BCUT2D eigenvalue weighted by Gasteiger charge is -2.34. The zero-order valence-corrected chi connectivity index (χ0v) is 13.7. The molecule has 0 unspecified atom stereocenters. The zero-order valence-electron chi connectivity index (χ0n) is 13.7. The number of benzene rings is 1. The summed E-state index contributed by atoms with van der Waals surface area (Å²) in [6.07, 6.45) is 5.90. The third kappa shape index (κ3) is 2.66. The molecule has 0 bridgehead atoms. The molecule has 24 heavy (non-hydrogen) atoms. The molecular formula is C17H20N6O. The van der Waals surface area contributed by atoms with E-state index in [1.54, 1.807) is 4.68 Å². The van der Waals surface area contributed by atoms with Crippen molar-refractivity contribution in [1.82, 2.24) is 29.4 Å². The van der Waals surface area contributed by atoms with Crippen molar-refractivity contribution in [3.05, 3.63) is 42.5 Å². The van der Waals surface area contributed by atoms with Crippen LogP contribution in [0.5, 0.6) is 0 Å². The second kappa shape index (κ2) is 6.07. The summed E-state index contributed by atoms with van der Waals surface area (Å²) < 4.78 is 3.86. The fraction of sp³-hybridized carbons (Fsp3) is 0.412. The van der Waals surface area contributed by atoms with E-state index in [0.717, 1.165) is 42.8 Å². The molecule has 0 N–H and O–H groups in total. The highest BCUT2D eigenvalue weighted by atomic mass is 16.2. The van der Waals surface area contributed by atoms with E-state index in [-0.39, 0.29) is 12.5 Å². The highest BCUT2D eigenvalue weighted by Crippen LogP contribution is 2.23. The summed E-state index contributed by atoms with van der Waals surface area (Å²) >= 11 is 0. The number of aryl methyl sites for hydroxylation is 1. The van der Waals surface area contributed by atoms with E-state index in [4.69, 9.17) is 0 Å². The van der Waals surface area contributed by atoms with Crippen molar-refractivity contribution in [2.45, 2.75) is 32.4 Å². The molecule has 1 aromatic carbocycles. The number of nitrogens with zero attached hydrogens (tertiary/aromatic N) is 6. The van der Waals surface area contributed by atoms with E-state index >= 15 is 0 Å². The van der Waals surface area contributed by atoms with Crippen molar-refractivity contribution in [1.29, 1.82) is 0 Å².